The summed E-state index contributed by atoms with van der Waals surface area (Å²) in [4.78, 5) is 14.5. The predicted molar refractivity (Wildman–Crippen MR) is 61.6 cm³/mol. The summed E-state index contributed by atoms with van der Waals surface area (Å²) in [7, 11) is 0. The van der Waals surface area contributed by atoms with Crippen molar-refractivity contribution in [3.8, 4) is 11.3 Å². The summed E-state index contributed by atoms with van der Waals surface area (Å²) in [6, 6.07) is 7.29. The van der Waals surface area contributed by atoms with Crippen LogP contribution in [0.25, 0.3) is 11.3 Å². The quantitative estimate of drug-likeness (QED) is 0.906. The highest BCUT2D eigenvalue weighted by Crippen LogP contribution is 2.31. The molecule has 1 aromatic heterocycles. The monoisotopic (exact) mass is 267 g/mol. The number of benzene rings is 1. The van der Waals surface area contributed by atoms with Crippen LogP contribution in [0.5, 0.6) is 0 Å². The van der Waals surface area contributed by atoms with E-state index < -0.39 is 17.7 Å². The summed E-state index contributed by atoms with van der Waals surface area (Å²) >= 11 is 0. The van der Waals surface area contributed by atoms with Crippen LogP contribution in [0.2, 0.25) is 0 Å². The molecule has 0 unspecified atom stereocenters. The van der Waals surface area contributed by atoms with Gasteiger partial charge in [0.05, 0.1) is 16.8 Å². The third kappa shape index (κ3) is 2.90. The summed E-state index contributed by atoms with van der Waals surface area (Å²) in [5, 5.41) is 8.73. The Hall–Kier alpha value is -2.37. The Morgan fingerprint density at radius 2 is 1.74 bits per heavy atom. The van der Waals surface area contributed by atoms with Gasteiger partial charge in [-0.1, -0.05) is 12.1 Å². The number of hydrogen-bond donors (Lipinski definition) is 1. The van der Waals surface area contributed by atoms with Gasteiger partial charge in [-0.15, -0.1) is 0 Å². The lowest BCUT2D eigenvalue weighted by Crippen LogP contribution is -2.05. The van der Waals surface area contributed by atoms with Crippen molar-refractivity contribution in [3.05, 3.63) is 53.7 Å². The first-order valence-electron chi connectivity index (χ1n) is 5.25. The van der Waals surface area contributed by atoms with Gasteiger partial charge in [0.2, 0.25) is 0 Å². The van der Waals surface area contributed by atoms with Gasteiger partial charge < -0.3 is 5.11 Å². The van der Waals surface area contributed by atoms with Gasteiger partial charge in [-0.05, 0) is 24.3 Å². The third-order valence-corrected chi connectivity index (χ3v) is 2.51. The Kier molecular flexibility index (Phi) is 3.25. The lowest BCUT2D eigenvalue weighted by molar-refractivity contribution is -0.137. The molecule has 19 heavy (non-hydrogen) atoms. The number of carboxylic acids is 1. The average molecular weight is 267 g/mol. The average Bonchev–Trinajstić information content (AvgIpc) is 2.38. The van der Waals surface area contributed by atoms with Crippen molar-refractivity contribution in [2.75, 3.05) is 0 Å². The number of pyridine rings is 1. The number of rotatable bonds is 2. The number of hydrogen-bond acceptors (Lipinski definition) is 2. The summed E-state index contributed by atoms with van der Waals surface area (Å²) in [5.74, 6) is -1.09. The second kappa shape index (κ2) is 4.72. The molecule has 0 aliphatic heterocycles. The Labute approximate surface area is 106 Å². The van der Waals surface area contributed by atoms with Crippen molar-refractivity contribution < 1.29 is 23.1 Å². The summed E-state index contributed by atoms with van der Waals surface area (Å²) < 4.78 is 37.6. The lowest BCUT2D eigenvalue weighted by Gasteiger charge is -2.08. The first-order chi connectivity index (χ1) is 8.88. The summed E-state index contributed by atoms with van der Waals surface area (Å²) in [5.41, 5.74) is -0.154. The molecule has 6 heteroatoms. The van der Waals surface area contributed by atoms with Crippen molar-refractivity contribution in [2.24, 2.45) is 0 Å². The number of carboxylic acid groups (broad SMARTS) is 1. The normalized spacial score (nSPS) is 11.3. The molecule has 2 aromatic rings. The van der Waals surface area contributed by atoms with Crippen molar-refractivity contribution in [3.63, 3.8) is 0 Å². The zero-order valence-electron chi connectivity index (χ0n) is 9.48. The number of halogens is 3. The Balaban J connectivity index is 2.39. The number of alkyl halides is 3. The molecule has 0 saturated carbocycles. The molecule has 0 spiro atoms. The fourth-order valence-electron chi connectivity index (χ4n) is 1.55. The Bertz CT molecular complexity index is 606. The molecule has 0 bridgehead atoms. The zero-order valence-corrected chi connectivity index (χ0v) is 9.48. The fourth-order valence-corrected chi connectivity index (χ4v) is 1.55. The van der Waals surface area contributed by atoms with Crippen LogP contribution < -0.4 is 0 Å². The molecule has 1 heterocycles. The molecule has 0 saturated heterocycles. The Morgan fingerprint density at radius 3 is 2.26 bits per heavy atom. The van der Waals surface area contributed by atoms with Crippen LogP contribution in [0.15, 0.2) is 42.6 Å². The van der Waals surface area contributed by atoms with E-state index in [4.69, 9.17) is 5.11 Å². The van der Waals surface area contributed by atoms with Gasteiger partial charge in [0.1, 0.15) is 0 Å². The van der Waals surface area contributed by atoms with E-state index in [1.165, 1.54) is 24.3 Å². The van der Waals surface area contributed by atoms with Crippen molar-refractivity contribution in [1.29, 1.82) is 0 Å². The molecule has 1 aromatic carbocycles. The standard InChI is InChI=1S/C13H8F3NO2/c14-13(15,16)10-5-6-17-11(7-10)8-1-3-9(4-2-8)12(18)19/h1-7H,(H,18,19). The maximum atomic E-state index is 12.5. The minimum atomic E-state index is -4.43. The van der Waals surface area contributed by atoms with Crippen LogP contribution >= 0.6 is 0 Å². The van der Waals surface area contributed by atoms with E-state index in [9.17, 15) is 18.0 Å². The second-order valence-electron chi connectivity index (χ2n) is 3.81. The fraction of sp³-hybridized carbons (Fsp3) is 0.0769. The molecule has 0 aliphatic carbocycles. The third-order valence-electron chi connectivity index (χ3n) is 2.51. The van der Waals surface area contributed by atoms with Crippen LogP contribution in [0.4, 0.5) is 13.2 Å². The minimum absolute atomic E-state index is 0.0655. The molecule has 1 N–H and O–H groups in total. The summed E-state index contributed by atoms with van der Waals surface area (Å²) in [6.07, 6.45) is -3.36. The van der Waals surface area contributed by atoms with E-state index in [1.807, 2.05) is 0 Å². The first-order valence-corrected chi connectivity index (χ1v) is 5.25. The number of aromatic carboxylic acids is 1. The highest BCUT2D eigenvalue weighted by atomic mass is 19.4. The SMILES string of the molecule is O=C(O)c1ccc(-c2cc(C(F)(F)F)ccn2)cc1. The van der Waals surface area contributed by atoms with E-state index in [2.05, 4.69) is 4.98 Å². The Morgan fingerprint density at radius 1 is 1.11 bits per heavy atom. The molecule has 0 aliphatic rings. The van der Waals surface area contributed by atoms with Gasteiger partial charge in [-0.2, -0.15) is 13.2 Å². The number of carbonyl (C=O) groups is 1. The van der Waals surface area contributed by atoms with Gasteiger partial charge in [0.15, 0.2) is 0 Å². The molecule has 0 radical (unpaired) electrons. The zero-order chi connectivity index (χ0) is 14.0. The number of nitrogens with zero attached hydrogens (tertiary/aromatic N) is 1. The van der Waals surface area contributed by atoms with E-state index in [0.29, 0.717) is 5.56 Å². The largest absolute Gasteiger partial charge is 0.478 e. The van der Waals surface area contributed by atoms with Gasteiger partial charge in [0, 0.05) is 11.8 Å². The smallest absolute Gasteiger partial charge is 0.416 e. The van der Waals surface area contributed by atoms with Crippen LogP contribution in [-0.2, 0) is 6.18 Å². The van der Waals surface area contributed by atoms with Crippen molar-refractivity contribution in [1.82, 2.24) is 4.98 Å². The molecule has 0 amide bonds. The molecule has 3 nitrogen and oxygen atoms in total. The molecule has 2 rings (SSSR count). The first kappa shape index (κ1) is 13.1. The molecule has 0 fully saturated rings. The highest BCUT2D eigenvalue weighted by Gasteiger charge is 2.30. The topological polar surface area (TPSA) is 50.2 Å². The van der Waals surface area contributed by atoms with Gasteiger partial charge in [0.25, 0.3) is 0 Å². The van der Waals surface area contributed by atoms with E-state index in [-0.39, 0.29) is 11.3 Å². The van der Waals surface area contributed by atoms with Crippen LogP contribution in [-0.4, -0.2) is 16.1 Å². The molecular formula is C13H8F3NO2. The van der Waals surface area contributed by atoms with Gasteiger partial charge in [-0.3, -0.25) is 4.98 Å². The summed E-state index contributed by atoms with van der Waals surface area (Å²) in [6.45, 7) is 0. The predicted octanol–water partition coefficient (Wildman–Crippen LogP) is 3.47. The second-order valence-corrected chi connectivity index (χ2v) is 3.81. The molecular weight excluding hydrogens is 259 g/mol. The van der Waals surface area contributed by atoms with Gasteiger partial charge in [-0.25, -0.2) is 4.79 Å². The van der Waals surface area contributed by atoms with Crippen LogP contribution in [0, 0.1) is 0 Å². The lowest BCUT2D eigenvalue weighted by atomic mass is 10.1. The molecule has 98 valence electrons. The highest BCUT2D eigenvalue weighted by molar-refractivity contribution is 5.88. The maximum absolute atomic E-state index is 12.5. The van der Waals surface area contributed by atoms with Crippen LogP contribution in [0.3, 0.4) is 0 Å². The van der Waals surface area contributed by atoms with Crippen LogP contribution in [0.1, 0.15) is 15.9 Å². The van der Waals surface area contributed by atoms with E-state index in [1.54, 1.807) is 0 Å². The maximum Gasteiger partial charge on any atom is 0.416 e. The van der Waals surface area contributed by atoms with E-state index >= 15 is 0 Å². The van der Waals surface area contributed by atoms with Gasteiger partial charge >= 0.3 is 12.1 Å². The number of aromatic nitrogens is 1. The minimum Gasteiger partial charge on any atom is -0.478 e. The molecule has 0 atom stereocenters. The van der Waals surface area contributed by atoms with E-state index in [0.717, 1.165) is 18.3 Å². The van der Waals surface area contributed by atoms with Crippen molar-refractivity contribution in [2.45, 2.75) is 6.18 Å². The van der Waals surface area contributed by atoms with Crippen molar-refractivity contribution >= 4 is 5.97 Å².